The van der Waals surface area contributed by atoms with E-state index in [4.69, 9.17) is 9.84 Å². The van der Waals surface area contributed by atoms with Crippen LogP contribution >= 0.6 is 0 Å². The van der Waals surface area contributed by atoms with E-state index in [-0.39, 0.29) is 12.2 Å². The second kappa shape index (κ2) is 11.1. The lowest BCUT2D eigenvalue weighted by Crippen LogP contribution is -2.00. The number of aromatic hydroxyl groups is 1. The second-order valence-electron chi connectivity index (χ2n) is 7.48. The van der Waals surface area contributed by atoms with Gasteiger partial charge in [0, 0.05) is 6.42 Å². The normalized spacial score (nSPS) is 10.7. The number of carboxylic acid groups (broad SMARTS) is 1. The number of hydrogen-bond donors (Lipinski definition) is 2. The smallest absolute Gasteiger partial charge is 0.303 e. The SMILES string of the molecule is O=C(O)CCc1ccc(Cc2ccc(O)c(OCCCCc3ccccc3)c2)cc1. The van der Waals surface area contributed by atoms with Gasteiger partial charge in [0.15, 0.2) is 11.5 Å². The van der Waals surface area contributed by atoms with Gasteiger partial charge in [-0.2, -0.15) is 0 Å². The van der Waals surface area contributed by atoms with Gasteiger partial charge in [-0.25, -0.2) is 0 Å². The third kappa shape index (κ3) is 6.96. The van der Waals surface area contributed by atoms with Crippen LogP contribution in [0.25, 0.3) is 0 Å². The molecule has 0 bridgehead atoms. The fourth-order valence-corrected chi connectivity index (χ4v) is 3.35. The van der Waals surface area contributed by atoms with Gasteiger partial charge in [0.2, 0.25) is 0 Å². The van der Waals surface area contributed by atoms with Crippen LogP contribution in [-0.2, 0) is 24.1 Å². The maximum Gasteiger partial charge on any atom is 0.303 e. The quantitative estimate of drug-likeness (QED) is 0.420. The summed E-state index contributed by atoms with van der Waals surface area (Å²) >= 11 is 0. The van der Waals surface area contributed by atoms with Gasteiger partial charge in [-0.05, 0) is 66.5 Å². The summed E-state index contributed by atoms with van der Waals surface area (Å²) in [7, 11) is 0. The molecule has 4 heteroatoms. The van der Waals surface area contributed by atoms with Crippen molar-refractivity contribution in [2.45, 2.75) is 38.5 Å². The van der Waals surface area contributed by atoms with Crippen LogP contribution in [0.4, 0.5) is 0 Å². The molecule has 0 aliphatic rings. The lowest BCUT2D eigenvalue weighted by molar-refractivity contribution is -0.136. The van der Waals surface area contributed by atoms with Gasteiger partial charge >= 0.3 is 5.97 Å². The minimum Gasteiger partial charge on any atom is -0.504 e. The van der Waals surface area contributed by atoms with E-state index in [0.717, 1.165) is 42.4 Å². The van der Waals surface area contributed by atoms with Crippen molar-refractivity contribution in [1.29, 1.82) is 0 Å². The van der Waals surface area contributed by atoms with E-state index in [0.29, 0.717) is 18.8 Å². The minimum atomic E-state index is -0.782. The molecule has 0 saturated heterocycles. The van der Waals surface area contributed by atoms with Crippen molar-refractivity contribution in [3.8, 4) is 11.5 Å². The number of ether oxygens (including phenoxy) is 1. The highest BCUT2D eigenvalue weighted by molar-refractivity contribution is 5.67. The number of carbonyl (C=O) groups is 1. The first-order valence-corrected chi connectivity index (χ1v) is 10.4. The number of hydrogen-bond acceptors (Lipinski definition) is 3. The van der Waals surface area contributed by atoms with Crippen LogP contribution in [0.2, 0.25) is 0 Å². The average molecular weight is 405 g/mol. The summed E-state index contributed by atoms with van der Waals surface area (Å²) in [6, 6.07) is 23.9. The Labute approximate surface area is 177 Å². The van der Waals surface area contributed by atoms with Gasteiger partial charge in [0.25, 0.3) is 0 Å². The molecule has 2 N–H and O–H groups in total. The molecule has 0 aliphatic carbocycles. The summed E-state index contributed by atoms with van der Waals surface area (Å²) < 4.78 is 5.82. The third-order valence-electron chi connectivity index (χ3n) is 5.04. The predicted octanol–water partition coefficient (Wildman–Crippen LogP) is 5.40. The van der Waals surface area contributed by atoms with E-state index in [9.17, 15) is 9.90 Å². The molecule has 0 unspecified atom stereocenters. The van der Waals surface area contributed by atoms with Crippen molar-refractivity contribution in [1.82, 2.24) is 0 Å². The molecule has 0 radical (unpaired) electrons. The second-order valence-corrected chi connectivity index (χ2v) is 7.48. The molecule has 156 valence electrons. The van der Waals surface area contributed by atoms with Crippen LogP contribution in [0.5, 0.6) is 11.5 Å². The number of benzene rings is 3. The zero-order valence-electron chi connectivity index (χ0n) is 17.1. The lowest BCUT2D eigenvalue weighted by atomic mass is 10.0. The van der Waals surface area contributed by atoms with E-state index in [1.807, 2.05) is 42.5 Å². The summed E-state index contributed by atoms with van der Waals surface area (Å²) in [5.41, 5.74) is 4.54. The number of aliphatic carboxylic acids is 1. The van der Waals surface area contributed by atoms with Crippen LogP contribution in [0.15, 0.2) is 72.8 Å². The maximum absolute atomic E-state index is 10.7. The van der Waals surface area contributed by atoms with Crippen LogP contribution in [-0.4, -0.2) is 22.8 Å². The van der Waals surface area contributed by atoms with Crippen LogP contribution < -0.4 is 4.74 Å². The topological polar surface area (TPSA) is 66.8 Å². The van der Waals surface area contributed by atoms with E-state index in [2.05, 4.69) is 24.3 Å². The van der Waals surface area contributed by atoms with Crippen molar-refractivity contribution < 1.29 is 19.7 Å². The Morgan fingerprint density at radius 3 is 2.17 bits per heavy atom. The molecular weight excluding hydrogens is 376 g/mol. The highest BCUT2D eigenvalue weighted by Gasteiger charge is 2.06. The van der Waals surface area contributed by atoms with Crippen LogP contribution in [0.1, 0.15) is 41.5 Å². The first-order valence-electron chi connectivity index (χ1n) is 10.4. The zero-order valence-corrected chi connectivity index (χ0v) is 17.1. The zero-order chi connectivity index (χ0) is 21.2. The number of carboxylic acids is 1. The molecule has 0 fully saturated rings. The number of phenols is 1. The van der Waals surface area contributed by atoms with Crippen molar-refractivity contribution in [3.63, 3.8) is 0 Å². The van der Waals surface area contributed by atoms with Gasteiger partial charge < -0.3 is 14.9 Å². The van der Waals surface area contributed by atoms with Crippen molar-refractivity contribution in [3.05, 3.63) is 95.1 Å². The molecule has 30 heavy (non-hydrogen) atoms. The Morgan fingerprint density at radius 2 is 1.43 bits per heavy atom. The lowest BCUT2D eigenvalue weighted by Gasteiger charge is -2.11. The molecule has 0 atom stereocenters. The number of rotatable bonds is 11. The van der Waals surface area contributed by atoms with Gasteiger partial charge in [-0.1, -0.05) is 60.7 Å². The van der Waals surface area contributed by atoms with Crippen LogP contribution in [0.3, 0.4) is 0 Å². The van der Waals surface area contributed by atoms with Gasteiger partial charge in [-0.15, -0.1) is 0 Å². The molecule has 0 heterocycles. The Hall–Kier alpha value is -3.27. The summed E-state index contributed by atoms with van der Waals surface area (Å²) in [4.78, 5) is 10.7. The minimum absolute atomic E-state index is 0.142. The summed E-state index contributed by atoms with van der Waals surface area (Å²) in [5.74, 6) is -0.105. The van der Waals surface area contributed by atoms with E-state index >= 15 is 0 Å². The van der Waals surface area contributed by atoms with E-state index < -0.39 is 5.97 Å². The fourth-order valence-electron chi connectivity index (χ4n) is 3.35. The highest BCUT2D eigenvalue weighted by atomic mass is 16.5. The monoisotopic (exact) mass is 404 g/mol. The molecule has 3 aromatic carbocycles. The Kier molecular flexibility index (Phi) is 7.90. The van der Waals surface area contributed by atoms with Gasteiger partial charge in [0.05, 0.1) is 6.61 Å². The van der Waals surface area contributed by atoms with E-state index in [1.165, 1.54) is 5.56 Å². The molecule has 0 amide bonds. The number of aryl methyl sites for hydroxylation is 2. The summed E-state index contributed by atoms with van der Waals surface area (Å²) in [6.07, 6.45) is 4.40. The molecule has 3 aromatic rings. The van der Waals surface area contributed by atoms with Crippen molar-refractivity contribution in [2.24, 2.45) is 0 Å². The van der Waals surface area contributed by atoms with E-state index in [1.54, 1.807) is 6.07 Å². The first kappa shape index (κ1) is 21.4. The Bertz CT molecular complexity index is 933. The van der Waals surface area contributed by atoms with Crippen LogP contribution in [0, 0.1) is 0 Å². The largest absolute Gasteiger partial charge is 0.504 e. The maximum atomic E-state index is 10.7. The summed E-state index contributed by atoms with van der Waals surface area (Å²) in [5, 5.41) is 18.9. The Morgan fingerprint density at radius 1 is 0.767 bits per heavy atom. The van der Waals surface area contributed by atoms with Gasteiger partial charge in [-0.3, -0.25) is 4.79 Å². The highest BCUT2D eigenvalue weighted by Crippen LogP contribution is 2.28. The molecule has 0 aliphatic heterocycles. The molecule has 0 aromatic heterocycles. The van der Waals surface area contributed by atoms with Crippen molar-refractivity contribution >= 4 is 5.97 Å². The standard InChI is InChI=1S/C26H28O4/c27-24-15-13-23(18-22-11-9-21(10-12-22)14-16-26(28)29)19-25(24)30-17-5-4-8-20-6-2-1-3-7-20/h1-3,6-7,9-13,15,19,27H,4-5,8,14,16-18H2,(H,28,29). The fraction of sp³-hybridized carbons (Fsp3) is 0.269. The van der Waals surface area contributed by atoms with Gasteiger partial charge in [0.1, 0.15) is 0 Å². The third-order valence-corrected chi connectivity index (χ3v) is 5.04. The molecule has 4 nitrogen and oxygen atoms in total. The first-order chi connectivity index (χ1) is 14.6. The molecule has 3 rings (SSSR count). The summed E-state index contributed by atoms with van der Waals surface area (Å²) in [6.45, 7) is 0.572. The number of phenolic OH excluding ortho intramolecular Hbond substituents is 1. The predicted molar refractivity (Wildman–Crippen MR) is 118 cm³/mol. The van der Waals surface area contributed by atoms with Crippen molar-refractivity contribution in [2.75, 3.05) is 6.61 Å². The molecule has 0 spiro atoms. The number of unbranched alkanes of at least 4 members (excludes halogenated alkanes) is 1. The Balaban J connectivity index is 1.48. The molecular formula is C26H28O4. The average Bonchev–Trinajstić information content (AvgIpc) is 2.76. The molecule has 0 saturated carbocycles.